The Bertz CT molecular complexity index is 1080. The summed E-state index contributed by atoms with van der Waals surface area (Å²) in [5, 5.41) is 0.766. The Labute approximate surface area is 190 Å². The number of nitrogens with zero attached hydrogens (tertiary/aromatic N) is 4. The number of hydrogen-bond donors (Lipinski definition) is 0. The van der Waals surface area contributed by atoms with Crippen molar-refractivity contribution in [1.82, 2.24) is 14.9 Å². The van der Waals surface area contributed by atoms with Crippen molar-refractivity contribution in [1.29, 1.82) is 0 Å². The van der Waals surface area contributed by atoms with Gasteiger partial charge in [-0.15, -0.1) is 11.3 Å². The van der Waals surface area contributed by atoms with Crippen LogP contribution in [0.2, 0.25) is 0 Å². The molecule has 0 saturated carbocycles. The molecule has 0 radical (unpaired) electrons. The van der Waals surface area contributed by atoms with E-state index in [1.54, 1.807) is 6.07 Å². The summed E-state index contributed by atoms with van der Waals surface area (Å²) < 4.78 is 38.9. The fraction of sp³-hybridized carbons (Fsp3) is 0.500. The third-order valence-corrected chi connectivity index (χ3v) is 7.68. The van der Waals surface area contributed by atoms with E-state index in [1.165, 1.54) is 5.56 Å². The highest BCUT2D eigenvalue weighted by molar-refractivity contribution is 7.18. The molecule has 2 atom stereocenters. The summed E-state index contributed by atoms with van der Waals surface area (Å²) >= 11 is 1.15. The second-order valence-corrected chi connectivity index (χ2v) is 9.95. The van der Waals surface area contributed by atoms with Crippen LogP contribution in [0.4, 0.5) is 19.0 Å². The summed E-state index contributed by atoms with van der Waals surface area (Å²) in [7, 11) is 0. The van der Waals surface area contributed by atoms with Gasteiger partial charge in [0.05, 0.1) is 11.8 Å². The molecule has 0 N–H and O–H groups in total. The molecule has 0 spiro atoms. The molecule has 1 aromatic carbocycles. The van der Waals surface area contributed by atoms with Gasteiger partial charge in [-0.1, -0.05) is 37.3 Å². The number of rotatable bonds is 6. The van der Waals surface area contributed by atoms with Gasteiger partial charge in [-0.25, -0.2) is 9.97 Å². The summed E-state index contributed by atoms with van der Waals surface area (Å²) in [6.07, 6.45) is -2.26. The summed E-state index contributed by atoms with van der Waals surface area (Å²) in [5.74, 6) is 2.09. The molecule has 2 aliphatic rings. The van der Waals surface area contributed by atoms with E-state index in [4.69, 9.17) is 4.98 Å². The Morgan fingerprint density at radius 2 is 1.94 bits per heavy atom. The molecule has 0 aliphatic carbocycles. The van der Waals surface area contributed by atoms with E-state index in [0.717, 1.165) is 61.6 Å². The van der Waals surface area contributed by atoms with Crippen LogP contribution in [0.1, 0.15) is 29.6 Å². The molecular formula is C24H27F3N4S. The van der Waals surface area contributed by atoms with E-state index in [0.29, 0.717) is 33.9 Å². The van der Waals surface area contributed by atoms with E-state index in [-0.39, 0.29) is 0 Å². The molecule has 4 nitrogen and oxygen atoms in total. The van der Waals surface area contributed by atoms with Crippen LogP contribution in [-0.4, -0.2) is 53.3 Å². The Hall–Kier alpha value is -2.19. The number of aryl methyl sites for hydroxylation is 1. The van der Waals surface area contributed by atoms with E-state index < -0.39 is 12.6 Å². The minimum atomic E-state index is -4.22. The number of hydrogen-bond acceptors (Lipinski definition) is 5. The zero-order valence-corrected chi connectivity index (χ0v) is 18.9. The second-order valence-electron chi connectivity index (χ2n) is 8.83. The van der Waals surface area contributed by atoms with Gasteiger partial charge in [-0.05, 0) is 36.9 Å². The minimum absolute atomic E-state index is 0.306. The summed E-state index contributed by atoms with van der Waals surface area (Å²) in [6.45, 7) is 5.92. The number of thiophene rings is 1. The highest BCUT2D eigenvalue weighted by Crippen LogP contribution is 2.39. The fourth-order valence-electron chi connectivity index (χ4n) is 5.10. The maximum Gasteiger partial charge on any atom is 0.393 e. The van der Waals surface area contributed by atoms with Gasteiger partial charge in [-0.3, -0.25) is 4.90 Å². The Morgan fingerprint density at radius 3 is 2.69 bits per heavy atom. The van der Waals surface area contributed by atoms with Crippen molar-refractivity contribution < 1.29 is 13.2 Å². The monoisotopic (exact) mass is 460 g/mol. The number of aromatic nitrogens is 2. The van der Waals surface area contributed by atoms with E-state index in [1.807, 2.05) is 13.0 Å². The largest absolute Gasteiger partial charge is 0.393 e. The Morgan fingerprint density at radius 1 is 1.12 bits per heavy atom. The SMILES string of the molecule is CCc1nc(N2CC3CCN(CCc4ccccc4)C3C2)c2cc(CC(F)(F)F)sc2n1. The molecule has 5 rings (SSSR count). The van der Waals surface area contributed by atoms with Gasteiger partial charge < -0.3 is 4.90 Å². The lowest BCUT2D eigenvalue weighted by Crippen LogP contribution is -2.36. The first-order valence-electron chi connectivity index (χ1n) is 11.3. The van der Waals surface area contributed by atoms with Crippen molar-refractivity contribution in [3.8, 4) is 0 Å². The highest BCUT2D eigenvalue weighted by atomic mass is 32.1. The fourth-order valence-corrected chi connectivity index (χ4v) is 6.17. The molecule has 0 bridgehead atoms. The average molecular weight is 461 g/mol. The molecule has 4 heterocycles. The number of benzene rings is 1. The van der Waals surface area contributed by atoms with Crippen LogP contribution in [0, 0.1) is 5.92 Å². The third kappa shape index (κ3) is 4.48. The van der Waals surface area contributed by atoms with Gasteiger partial charge in [0.1, 0.15) is 16.5 Å². The lowest BCUT2D eigenvalue weighted by atomic mass is 10.0. The molecule has 2 fully saturated rings. The van der Waals surface area contributed by atoms with Crippen molar-refractivity contribution in [2.45, 2.75) is 44.8 Å². The lowest BCUT2D eigenvalue weighted by molar-refractivity contribution is -0.126. The van der Waals surface area contributed by atoms with Crippen LogP contribution in [0.25, 0.3) is 10.2 Å². The first kappa shape index (κ1) is 21.6. The number of likely N-dealkylation sites (tertiary alicyclic amines) is 1. The minimum Gasteiger partial charge on any atom is -0.354 e. The van der Waals surface area contributed by atoms with Gasteiger partial charge in [0, 0.05) is 37.0 Å². The standard InChI is InChI=1S/C24H27F3N4S/c1-2-21-28-22(19-12-18(13-24(25,26)27)32-23(19)29-21)31-14-17-9-11-30(20(17)15-31)10-8-16-6-4-3-5-7-16/h3-7,12,17,20H,2,8-11,13-15H2,1H3. The van der Waals surface area contributed by atoms with E-state index in [9.17, 15) is 13.2 Å². The lowest BCUT2D eigenvalue weighted by Gasteiger charge is -2.25. The zero-order chi connectivity index (χ0) is 22.3. The maximum atomic E-state index is 13.0. The Kier molecular flexibility index (Phi) is 5.84. The van der Waals surface area contributed by atoms with Gasteiger partial charge in [0.25, 0.3) is 0 Å². The van der Waals surface area contributed by atoms with Crippen molar-refractivity contribution in [3.63, 3.8) is 0 Å². The molecular weight excluding hydrogens is 433 g/mol. The molecule has 3 aromatic rings. The second kappa shape index (κ2) is 8.63. The number of anilines is 1. The molecule has 8 heteroatoms. The van der Waals surface area contributed by atoms with Crippen molar-refractivity contribution in [3.05, 3.63) is 52.7 Å². The molecule has 2 saturated heterocycles. The number of fused-ring (bicyclic) bond motifs is 2. The predicted octanol–water partition coefficient (Wildman–Crippen LogP) is 5.11. The van der Waals surface area contributed by atoms with Crippen LogP contribution in [0.3, 0.4) is 0 Å². The first-order chi connectivity index (χ1) is 15.4. The molecule has 2 aliphatic heterocycles. The summed E-state index contributed by atoms with van der Waals surface area (Å²) in [4.78, 5) is 15.2. The summed E-state index contributed by atoms with van der Waals surface area (Å²) in [5.41, 5.74) is 1.35. The van der Waals surface area contributed by atoms with Gasteiger partial charge in [-0.2, -0.15) is 13.2 Å². The predicted molar refractivity (Wildman–Crippen MR) is 122 cm³/mol. The van der Waals surface area contributed by atoms with Gasteiger partial charge in [0.2, 0.25) is 0 Å². The van der Waals surface area contributed by atoms with Gasteiger partial charge >= 0.3 is 6.18 Å². The average Bonchev–Trinajstić information content (AvgIpc) is 3.45. The van der Waals surface area contributed by atoms with Crippen LogP contribution in [-0.2, 0) is 19.3 Å². The van der Waals surface area contributed by atoms with E-state index in [2.05, 4.69) is 39.0 Å². The van der Waals surface area contributed by atoms with Crippen molar-refractivity contribution in [2.75, 3.05) is 31.1 Å². The molecule has 170 valence electrons. The maximum absolute atomic E-state index is 13.0. The third-order valence-electron chi connectivity index (χ3n) is 6.65. The quantitative estimate of drug-likeness (QED) is 0.512. The molecule has 2 unspecified atom stereocenters. The van der Waals surface area contributed by atoms with Crippen molar-refractivity contribution >= 4 is 27.4 Å². The zero-order valence-electron chi connectivity index (χ0n) is 18.1. The Balaban J connectivity index is 1.36. The number of alkyl halides is 3. The highest BCUT2D eigenvalue weighted by Gasteiger charge is 2.42. The van der Waals surface area contributed by atoms with Crippen molar-refractivity contribution in [2.24, 2.45) is 5.92 Å². The van der Waals surface area contributed by atoms with Crippen LogP contribution in [0.5, 0.6) is 0 Å². The van der Waals surface area contributed by atoms with E-state index >= 15 is 0 Å². The molecule has 2 aromatic heterocycles. The smallest absolute Gasteiger partial charge is 0.354 e. The molecule has 0 amide bonds. The molecule has 32 heavy (non-hydrogen) atoms. The first-order valence-corrected chi connectivity index (χ1v) is 12.1. The normalized spacial score (nSPS) is 21.6. The van der Waals surface area contributed by atoms with Crippen LogP contribution in [0.15, 0.2) is 36.4 Å². The van der Waals surface area contributed by atoms with Crippen LogP contribution < -0.4 is 4.90 Å². The topological polar surface area (TPSA) is 32.3 Å². The van der Waals surface area contributed by atoms with Gasteiger partial charge in [0.15, 0.2) is 0 Å². The van der Waals surface area contributed by atoms with Crippen LogP contribution >= 0.6 is 11.3 Å². The number of halogens is 3. The summed E-state index contributed by atoms with van der Waals surface area (Å²) in [6, 6.07) is 12.7.